The van der Waals surface area contributed by atoms with Gasteiger partial charge in [0.05, 0.1) is 5.69 Å². The molecule has 0 amide bonds. The number of hydrogen-bond acceptors (Lipinski definition) is 5. The standard InChI is InChI=1S/C17H13N5O2/c18-15-16-20-22(13-8-4-5-9-14(13)23)17(24)21(16)10-12(19-15)11-6-2-1-3-7-11/h1-10,23H,(H2,18,19). The van der Waals surface area contributed by atoms with Crippen LogP contribution in [0.15, 0.2) is 65.6 Å². The van der Waals surface area contributed by atoms with Gasteiger partial charge in [-0.1, -0.05) is 42.5 Å². The summed E-state index contributed by atoms with van der Waals surface area (Å²) in [5.74, 6) is 0.0976. The maximum absolute atomic E-state index is 12.7. The van der Waals surface area contributed by atoms with Crippen LogP contribution in [0.3, 0.4) is 0 Å². The molecule has 4 aromatic rings. The first kappa shape index (κ1) is 14.0. The number of fused-ring (bicyclic) bond motifs is 1. The first-order chi connectivity index (χ1) is 11.6. The lowest BCUT2D eigenvalue weighted by Gasteiger charge is -2.02. The van der Waals surface area contributed by atoms with Crippen molar-refractivity contribution in [2.45, 2.75) is 0 Å². The fourth-order valence-electron chi connectivity index (χ4n) is 2.55. The lowest BCUT2D eigenvalue weighted by molar-refractivity contribution is 0.470. The molecule has 0 aliphatic rings. The molecule has 7 heteroatoms. The van der Waals surface area contributed by atoms with E-state index in [1.165, 1.54) is 10.5 Å². The average molecular weight is 319 g/mol. The SMILES string of the molecule is Nc1nc(-c2ccccc2)cn2c(=O)n(-c3ccccc3O)nc12. The highest BCUT2D eigenvalue weighted by atomic mass is 16.3. The summed E-state index contributed by atoms with van der Waals surface area (Å²) >= 11 is 0. The van der Waals surface area contributed by atoms with E-state index in [4.69, 9.17) is 5.73 Å². The minimum absolute atomic E-state index is 0.0437. The first-order valence-electron chi connectivity index (χ1n) is 7.27. The summed E-state index contributed by atoms with van der Waals surface area (Å²) in [6.07, 6.45) is 1.59. The number of anilines is 1. The highest BCUT2D eigenvalue weighted by Crippen LogP contribution is 2.22. The van der Waals surface area contributed by atoms with E-state index in [2.05, 4.69) is 10.1 Å². The number of nitrogens with two attached hydrogens (primary N) is 1. The molecule has 0 atom stereocenters. The Hall–Kier alpha value is -3.61. The van der Waals surface area contributed by atoms with Gasteiger partial charge in [0.2, 0.25) is 5.65 Å². The second-order valence-corrected chi connectivity index (χ2v) is 5.25. The molecule has 3 N–H and O–H groups in total. The number of nitrogens with zero attached hydrogens (tertiary/aromatic N) is 4. The molecule has 0 aliphatic carbocycles. The third-order valence-electron chi connectivity index (χ3n) is 3.71. The highest BCUT2D eigenvalue weighted by molar-refractivity contribution is 5.67. The number of rotatable bonds is 2. The maximum Gasteiger partial charge on any atom is 0.355 e. The summed E-state index contributed by atoms with van der Waals surface area (Å²) < 4.78 is 2.44. The fraction of sp³-hybridized carbons (Fsp3) is 0. The zero-order chi connectivity index (χ0) is 16.7. The molecular weight excluding hydrogens is 306 g/mol. The Morgan fingerprint density at radius 3 is 2.46 bits per heavy atom. The molecule has 0 spiro atoms. The van der Waals surface area contributed by atoms with Gasteiger partial charge in [0.15, 0.2) is 5.82 Å². The number of aromatic hydroxyl groups is 1. The van der Waals surface area contributed by atoms with Gasteiger partial charge in [0.25, 0.3) is 0 Å². The van der Waals surface area contributed by atoms with E-state index in [1.54, 1.807) is 24.4 Å². The van der Waals surface area contributed by atoms with Gasteiger partial charge >= 0.3 is 5.69 Å². The Morgan fingerprint density at radius 2 is 1.71 bits per heavy atom. The predicted octanol–water partition coefficient (Wildman–Crippen LogP) is 1.83. The number of aromatic nitrogens is 4. The van der Waals surface area contributed by atoms with Crippen LogP contribution >= 0.6 is 0 Å². The molecule has 7 nitrogen and oxygen atoms in total. The van der Waals surface area contributed by atoms with Crippen LogP contribution in [0.25, 0.3) is 22.6 Å². The lowest BCUT2D eigenvalue weighted by atomic mass is 10.2. The van der Waals surface area contributed by atoms with Crippen molar-refractivity contribution < 1.29 is 5.11 Å². The van der Waals surface area contributed by atoms with E-state index in [0.717, 1.165) is 10.2 Å². The molecule has 0 saturated heterocycles. The number of hydrogen-bond donors (Lipinski definition) is 2. The first-order valence-corrected chi connectivity index (χ1v) is 7.27. The van der Waals surface area contributed by atoms with Crippen LogP contribution in [0.4, 0.5) is 5.82 Å². The summed E-state index contributed by atoms with van der Waals surface area (Å²) in [6, 6.07) is 15.9. The van der Waals surface area contributed by atoms with Crippen molar-refractivity contribution in [2.24, 2.45) is 0 Å². The van der Waals surface area contributed by atoms with Gasteiger partial charge < -0.3 is 10.8 Å². The Morgan fingerprint density at radius 1 is 1.00 bits per heavy atom. The monoisotopic (exact) mass is 319 g/mol. The highest BCUT2D eigenvalue weighted by Gasteiger charge is 2.15. The zero-order valence-corrected chi connectivity index (χ0v) is 12.5. The number of para-hydroxylation sites is 2. The van der Waals surface area contributed by atoms with E-state index in [0.29, 0.717) is 5.69 Å². The molecule has 2 aromatic carbocycles. The number of phenolic OH excluding ortho intramolecular Hbond substituents is 1. The Bertz CT molecular complexity index is 1100. The van der Waals surface area contributed by atoms with Gasteiger partial charge in [0.1, 0.15) is 11.4 Å². The third-order valence-corrected chi connectivity index (χ3v) is 3.71. The largest absolute Gasteiger partial charge is 0.506 e. The molecule has 0 bridgehead atoms. The molecule has 2 aromatic heterocycles. The van der Waals surface area contributed by atoms with Crippen molar-refractivity contribution in [3.63, 3.8) is 0 Å². The van der Waals surface area contributed by atoms with E-state index >= 15 is 0 Å². The third kappa shape index (κ3) is 2.11. The molecule has 0 aliphatic heterocycles. The summed E-state index contributed by atoms with van der Waals surface area (Å²) in [5, 5.41) is 14.2. The smallest absolute Gasteiger partial charge is 0.355 e. The molecule has 0 saturated carbocycles. The van der Waals surface area contributed by atoms with Gasteiger partial charge in [-0.2, -0.15) is 4.68 Å². The lowest BCUT2D eigenvalue weighted by Crippen LogP contribution is -2.19. The van der Waals surface area contributed by atoms with Crippen molar-refractivity contribution in [2.75, 3.05) is 5.73 Å². The number of benzene rings is 2. The van der Waals surface area contributed by atoms with E-state index in [9.17, 15) is 9.90 Å². The molecule has 4 rings (SSSR count). The molecule has 118 valence electrons. The van der Waals surface area contributed by atoms with Gasteiger partial charge in [-0.3, -0.25) is 0 Å². The predicted molar refractivity (Wildman–Crippen MR) is 90.1 cm³/mol. The number of phenols is 1. The fourth-order valence-corrected chi connectivity index (χ4v) is 2.55. The van der Waals surface area contributed by atoms with Crippen molar-refractivity contribution in [1.29, 1.82) is 0 Å². The topological polar surface area (TPSA) is 98.4 Å². The Kier molecular flexibility index (Phi) is 3.06. The summed E-state index contributed by atoms with van der Waals surface area (Å²) in [4.78, 5) is 17.0. The van der Waals surface area contributed by atoms with Gasteiger partial charge in [-0.25, -0.2) is 14.2 Å². The van der Waals surface area contributed by atoms with Crippen LogP contribution in [-0.2, 0) is 0 Å². The molecule has 0 radical (unpaired) electrons. The molecule has 24 heavy (non-hydrogen) atoms. The molecule has 0 fully saturated rings. The number of nitrogen functional groups attached to an aromatic ring is 1. The van der Waals surface area contributed by atoms with Crippen LogP contribution in [0.2, 0.25) is 0 Å². The quantitative estimate of drug-likeness (QED) is 0.587. The summed E-state index contributed by atoms with van der Waals surface area (Å²) in [5.41, 5.74) is 7.48. The van der Waals surface area contributed by atoms with Gasteiger partial charge in [-0.05, 0) is 12.1 Å². The second-order valence-electron chi connectivity index (χ2n) is 5.25. The van der Waals surface area contributed by atoms with E-state index in [1.807, 2.05) is 30.3 Å². The van der Waals surface area contributed by atoms with Gasteiger partial charge in [0, 0.05) is 11.8 Å². The van der Waals surface area contributed by atoms with Crippen molar-refractivity contribution in [1.82, 2.24) is 19.2 Å². The zero-order valence-electron chi connectivity index (χ0n) is 12.5. The molecular formula is C17H13N5O2. The van der Waals surface area contributed by atoms with Crippen LogP contribution < -0.4 is 11.4 Å². The van der Waals surface area contributed by atoms with Crippen molar-refractivity contribution in [3.05, 3.63) is 71.3 Å². The molecule has 0 unspecified atom stereocenters. The van der Waals surface area contributed by atoms with E-state index < -0.39 is 5.69 Å². The second kappa shape index (κ2) is 5.24. The maximum atomic E-state index is 12.7. The van der Waals surface area contributed by atoms with Crippen LogP contribution in [0, 0.1) is 0 Å². The molecule has 2 heterocycles. The summed E-state index contributed by atoms with van der Waals surface area (Å²) in [6.45, 7) is 0. The average Bonchev–Trinajstić information content (AvgIpc) is 2.94. The Balaban J connectivity index is 1.99. The van der Waals surface area contributed by atoms with Gasteiger partial charge in [-0.15, -0.1) is 5.10 Å². The van der Waals surface area contributed by atoms with Crippen molar-refractivity contribution >= 4 is 11.5 Å². The summed E-state index contributed by atoms with van der Waals surface area (Å²) in [7, 11) is 0. The van der Waals surface area contributed by atoms with Crippen LogP contribution in [-0.4, -0.2) is 24.3 Å². The normalized spacial score (nSPS) is 11.0. The Labute approximate surface area is 136 Å². The minimum atomic E-state index is -0.433. The van der Waals surface area contributed by atoms with Crippen LogP contribution in [0.1, 0.15) is 0 Å². The minimum Gasteiger partial charge on any atom is -0.506 e. The van der Waals surface area contributed by atoms with Crippen molar-refractivity contribution in [3.8, 4) is 22.7 Å². The van der Waals surface area contributed by atoms with E-state index in [-0.39, 0.29) is 22.9 Å². The van der Waals surface area contributed by atoms with Crippen LogP contribution in [0.5, 0.6) is 5.75 Å².